The highest BCUT2D eigenvalue weighted by Crippen LogP contribution is 2.25. The van der Waals surface area contributed by atoms with Gasteiger partial charge in [0.1, 0.15) is 4.90 Å². The van der Waals surface area contributed by atoms with Crippen molar-refractivity contribution in [2.75, 3.05) is 26.2 Å². The van der Waals surface area contributed by atoms with Crippen molar-refractivity contribution in [2.24, 2.45) is 5.73 Å². The number of sulfonamides is 1. The number of benzene rings is 1. The fourth-order valence-corrected chi connectivity index (χ4v) is 3.94. The minimum atomic E-state index is -4.02. The Labute approximate surface area is 141 Å². The van der Waals surface area contributed by atoms with Crippen LogP contribution in [-0.4, -0.2) is 45.1 Å². The molecule has 9 heteroatoms. The third-order valence-corrected chi connectivity index (χ3v) is 5.55. The molecule has 0 aliphatic carbocycles. The highest BCUT2D eigenvalue weighted by Gasteiger charge is 2.32. The molecule has 0 aromatic heterocycles. The molecule has 132 valence electrons. The van der Waals surface area contributed by atoms with E-state index in [0.29, 0.717) is 26.0 Å². The zero-order valence-electron chi connectivity index (χ0n) is 12.6. The van der Waals surface area contributed by atoms with Crippen LogP contribution in [0.1, 0.15) is 19.3 Å². The molecule has 2 N–H and O–H groups in total. The summed E-state index contributed by atoms with van der Waals surface area (Å²) in [5.74, 6) is -2.50. The molecule has 0 amide bonds. The number of piperidine rings is 1. The van der Waals surface area contributed by atoms with Crippen LogP contribution in [0, 0.1) is 11.6 Å². The molecule has 0 unspecified atom stereocenters. The molecule has 0 spiro atoms. The second-order valence-electron chi connectivity index (χ2n) is 5.17. The van der Waals surface area contributed by atoms with E-state index in [1.54, 1.807) is 0 Å². The summed E-state index contributed by atoms with van der Waals surface area (Å²) in [6.07, 6.45) is 1.80. The summed E-state index contributed by atoms with van der Waals surface area (Å²) in [6.45, 7) is 1.55. The standard InChI is InChI=1S/C14H20F2N2O3S.ClH/c15-12-3-1-4-13(14(12)16)22(19,20)18-8-5-11(6-9-18)21-10-2-7-17;/h1,3-4,11H,2,5-10,17H2;1H. The molecule has 1 aliphatic heterocycles. The Balaban J connectivity index is 0.00000264. The van der Waals surface area contributed by atoms with Crippen molar-refractivity contribution in [3.8, 4) is 0 Å². The van der Waals surface area contributed by atoms with Crippen LogP contribution in [0.15, 0.2) is 23.1 Å². The van der Waals surface area contributed by atoms with Crippen LogP contribution in [0.2, 0.25) is 0 Å². The Hall–Kier alpha value is -0.800. The van der Waals surface area contributed by atoms with E-state index < -0.39 is 26.6 Å². The van der Waals surface area contributed by atoms with Gasteiger partial charge in [-0.2, -0.15) is 4.31 Å². The van der Waals surface area contributed by atoms with Crippen LogP contribution in [-0.2, 0) is 14.8 Å². The average molecular weight is 371 g/mol. The largest absolute Gasteiger partial charge is 0.378 e. The number of ether oxygens (including phenoxy) is 1. The molecule has 5 nitrogen and oxygen atoms in total. The second-order valence-corrected chi connectivity index (χ2v) is 7.07. The zero-order chi connectivity index (χ0) is 16.2. The normalized spacial score (nSPS) is 17.0. The summed E-state index contributed by atoms with van der Waals surface area (Å²) in [7, 11) is -4.02. The Morgan fingerprint density at radius 2 is 1.91 bits per heavy atom. The van der Waals surface area contributed by atoms with Gasteiger partial charge in [0.15, 0.2) is 11.6 Å². The van der Waals surface area contributed by atoms with Gasteiger partial charge >= 0.3 is 0 Å². The van der Waals surface area contributed by atoms with E-state index in [-0.39, 0.29) is 31.6 Å². The van der Waals surface area contributed by atoms with E-state index in [0.717, 1.165) is 18.6 Å². The Morgan fingerprint density at radius 3 is 2.52 bits per heavy atom. The lowest BCUT2D eigenvalue weighted by atomic mass is 10.1. The molecule has 0 saturated carbocycles. The van der Waals surface area contributed by atoms with Crippen molar-refractivity contribution in [2.45, 2.75) is 30.3 Å². The van der Waals surface area contributed by atoms with Crippen LogP contribution in [0.5, 0.6) is 0 Å². The van der Waals surface area contributed by atoms with Gasteiger partial charge in [-0.15, -0.1) is 12.4 Å². The molecular formula is C14H21ClF2N2O3S. The molecule has 0 bridgehead atoms. The highest BCUT2D eigenvalue weighted by molar-refractivity contribution is 7.89. The maximum absolute atomic E-state index is 13.7. The molecular weight excluding hydrogens is 350 g/mol. The van der Waals surface area contributed by atoms with Gasteiger partial charge in [0.05, 0.1) is 6.10 Å². The van der Waals surface area contributed by atoms with E-state index >= 15 is 0 Å². The number of hydrogen-bond donors (Lipinski definition) is 1. The Bertz CT molecular complexity index is 608. The molecule has 0 radical (unpaired) electrons. The third-order valence-electron chi connectivity index (χ3n) is 3.64. The Kier molecular flexibility index (Phi) is 7.82. The lowest BCUT2D eigenvalue weighted by Gasteiger charge is -2.31. The fraction of sp³-hybridized carbons (Fsp3) is 0.571. The zero-order valence-corrected chi connectivity index (χ0v) is 14.2. The summed E-state index contributed by atoms with van der Waals surface area (Å²) >= 11 is 0. The maximum atomic E-state index is 13.7. The molecule has 1 heterocycles. The molecule has 1 aliphatic rings. The van der Waals surface area contributed by atoms with Crippen molar-refractivity contribution in [1.82, 2.24) is 4.31 Å². The predicted molar refractivity (Wildman–Crippen MR) is 85.0 cm³/mol. The first-order chi connectivity index (χ1) is 10.5. The molecule has 1 fully saturated rings. The summed E-state index contributed by atoms with van der Waals surface area (Å²) in [4.78, 5) is -0.616. The topological polar surface area (TPSA) is 72.6 Å². The van der Waals surface area contributed by atoms with E-state index in [9.17, 15) is 17.2 Å². The molecule has 0 atom stereocenters. The first kappa shape index (κ1) is 20.2. The van der Waals surface area contributed by atoms with E-state index in [1.807, 2.05) is 0 Å². The first-order valence-corrected chi connectivity index (χ1v) is 8.66. The summed E-state index contributed by atoms with van der Waals surface area (Å²) in [6, 6.07) is 3.16. The van der Waals surface area contributed by atoms with Gasteiger partial charge in [-0.3, -0.25) is 0 Å². The van der Waals surface area contributed by atoms with Gasteiger partial charge in [-0.1, -0.05) is 6.07 Å². The van der Waals surface area contributed by atoms with Crippen molar-refractivity contribution in [1.29, 1.82) is 0 Å². The smallest absolute Gasteiger partial charge is 0.246 e. The van der Waals surface area contributed by atoms with Crippen LogP contribution in [0.3, 0.4) is 0 Å². The number of nitrogens with two attached hydrogens (primary N) is 1. The molecule has 2 rings (SSSR count). The maximum Gasteiger partial charge on any atom is 0.246 e. The van der Waals surface area contributed by atoms with Crippen LogP contribution in [0.4, 0.5) is 8.78 Å². The molecule has 1 aromatic rings. The van der Waals surface area contributed by atoms with Gasteiger partial charge in [0, 0.05) is 19.7 Å². The monoisotopic (exact) mass is 370 g/mol. The van der Waals surface area contributed by atoms with Crippen LogP contribution in [0.25, 0.3) is 0 Å². The van der Waals surface area contributed by atoms with Crippen molar-refractivity contribution >= 4 is 22.4 Å². The number of rotatable bonds is 6. The molecule has 1 aromatic carbocycles. The lowest BCUT2D eigenvalue weighted by molar-refractivity contribution is 0.0208. The molecule has 1 saturated heterocycles. The van der Waals surface area contributed by atoms with Gasteiger partial charge in [0.25, 0.3) is 0 Å². The summed E-state index contributed by atoms with van der Waals surface area (Å²) in [5.41, 5.74) is 5.38. The van der Waals surface area contributed by atoms with Gasteiger partial charge < -0.3 is 10.5 Å². The van der Waals surface area contributed by atoms with Crippen LogP contribution >= 0.6 is 12.4 Å². The first-order valence-electron chi connectivity index (χ1n) is 7.22. The van der Waals surface area contributed by atoms with Crippen molar-refractivity contribution in [3.63, 3.8) is 0 Å². The van der Waals surface area contributed by atoms with Crippen molar-refractivity contribution < 1.29 is 21.9 Å². The van der Waals surface area contributed by atoms with Gasteiger partial charge in [0.2, 0.25) is 10.0 Å². The lowest BCUT2D eigenvalue weighted by Crippen LogP contribution is -2.41. The third kappa shape index (κ3) is 4.84. The quantitative estimate of drug-likeness (QED) is 0.776. The predicted octanol–water partition coefficient (Wildman–Crippen LogP) is 1.91. The average Bonchev–Trinajstić information content (AvgIpc) is 2.50. The second kappa shape index (κ2) is 8.89. The minimum Gasteiger partial charge on any atom is -0.378 e. The van der Waals surface area contributed by atoms with E-state index in [4.69, 9.17) is 10.5 Å². The fourth-order valence-electron chi connectivity index (χ4n) is 2.39. The SMILES string of the molecule is Cl.NCCCOC1CCN(S(=O)(=O)c2cccc(F)c2F)CC1. The minimum absolute atomic E-state index is 0. The summed E-state index contributed by atoms with van der Waals surface area (Å²) in [5, 5.41) is 0. The van der Waals surface area contributed by atoms with E-state index in [2.05, 4.69) is 0 Å². The highest BCUT2D eigenvalue weighted by atomic mass is 35.5. The number of halogens is 3. The van der Waals surface area contributed by atoms with Crippen molar-refractivity contribution in [3.05, 3.63) is 29.8 Å². The number of hydrogen-bond acceptors (Lipinski definition) is 4. The Morgan fingerprint density at radius 1 is 1.26 bits per heavy atom. The molecule has 23 heavy (non-hydrogen) atoms. The van der Waals surface area contributed by atoms with Gasteiger partial charge in [-0.25, -0.2) is 17.2 Å². The van der Waals surface area contributed by atoms with E-state index in [1.165, 1.54) is 10.4 Å². The number of nitrogens with zero attached hydrogens (tertiary/aromatic N) is 1. The summed E-state index contributed by atoms with van der Waals surface area (Å²) < 4.78 is 58.5. The van der Waals surface area contributed by atoms with Crippen LogP contribution < -0.4 is 5.73 Å². The van der Waals surface area contributed by atoms with Gasteiger partial charge in [-0.05, 0) is 37.9 Å².